The highest BCUT2D eigenvalue weighted by molar-refractivity contribution is 5.92. The number of aromatic nitrogens is 3. The van der Waals surface area contributed by atoms with Gasteiger partial charge in [0.1, 0.15) is 11.5 Å². The molecule has 0 bridgehead atoms. The Morgan fingerprint density at radius 1 is 1.03 bits per heavy atom. The van der Waals surface area contributed by atoms with Gasteiger partial charge in [-0.25, -0.2) is 9.07 Å². The van der Waals surface area contributed by atoms with Crippen molar-refractivity contribution in [2.45, 2.75) is 6.42 Å². The zero-order chi connectivity index (χ0) is 21.5. The third kappa shape index (κ3) is 5.30. The van der Waals surface area contributed by atoms with Crippen LogP contribution in [0.15, 0.2) is 91.4 Å². The Balaban J connectivity index is 1.48. The maximum absolute atomic E-state index is 13.0. The lowest BCUT2D eigenvalue weighted by Crippen LogP contribution is -2.23. The third-order valence-electron chi connectivity index (χ3n) is 4.74. The standard InChI is InChI=1S/C25H21FN4O/c26-22-11-8-19(9-12-22)14-16-28-24(31)13-10-21-18-30(23-6-2-1-3-7-23)29-25(21)20-5-4-15-27-17-20/h1-13,15,17-18H,14,16H2,(H,28,31)/b13-10+. The van der Waals surface area contributed by atoms with Crippen LogP contribution in [-0.2, 0) is 11.2 Å². The van der Waals surface area contributed by atoms with Gasteiger partial charge in [-0.15, -0.1) is 0 Å². The lowest BCUT2D eigenvalue weighted by molar-refractivity contribution is -0.116. The van der Waals surface area contributed by atoms with Gasteiger partial charge in [0, 0.05) is 42.3 Å². The van der Waals surface area contributed by atoms with Gasteiger partial charge in [-0.2, -0.15) is 5.10 Å². The summed E-state index contributed by atoms with van der Waals surface area (Å²) in [7, 11) is 0. The van der Waals surface area contributed by atoms with E-state index in [2.05, 4.69) is 10.3 Å². The molecule has 0 aliphatic carbocycles. The summed E-state index contributed by atoms with van der Waals surface area (Å²) in [6.07, 6.45) is 9.23. The van der Waals surface area contributed by atoms with Crippen molar-refractivity contribution in [1.82, 2.24) is 20.1 Å². The number of rotatable bonds is 7. The Kier molecular flexibility index (Phi) is 6.28. The van der Waals surface area contributed by atoms with Crippen LogP contribution in [-0.4, -0.2) is 27.2 Å². The van der Waals surface area contributed by atoms with E-state index in [0.717, 1.165) is 28.1 Å². The van der Waals surface area contributed by atoms with Crippen molar-refractivity contribution in [3.05, 3.63) is 108 Å². The van der Waals surface area contributed by atoms with Crippen molar-refractivity contribution in [3.8, 4) is 16.9 Å². The summed E-state index contributed by atoms with van der Waals surface area (Å²) in [5.74, 6) is -0.470. The predicted molar refractivity (Wildman–Crippen MR) is 119 cm³/mol. The summed E-state index contributed by atoms with van der Waals surface area (Å²) in [5, 5.41) is 7.56. The van der Waals surface area contributed by atoms with Crippen LogP contribution < -0.4 is 5.32 Å². The minimum absolute atomic E-state index is 0.202. The molecule has 154 valence electrons. The van der Waals surface area contributed by atoms with E-state index in [9.17, 15) is 9.18 Å². The molecule has 0 aliphatic rings. The molecular weight excluding hydrogens is 391 g/mol. The number of hydrogen-bond acceptors (Lipinski definition) is 3. The molecule has 0 saturated heterocycles. The van der Waals surface area contributed by atoms with Crippen LogP contribution in [0.25, 0.3) is 23.0 Å². The minimum Gasteiger partial charge on any atom is -0.352 e. The van der Waals surface area contributed by atoms with Crippen molar-refractivity contribution in [2.24, 2.45) is 0 Å². The highest BCUT2D eigenvalue weighted by atomic mass is 19.1. The maximum Gasteiger partial charge on any atom is 0.244 e. The third-order valence-corrected chi connectivity index (χ3v) is 4.74. The second-order valence-electron chi connectivity index (χ2n) is 6.96. The molecule has 2 aromatic heterocycles. The summed E-state index contributed by atoms with van der Waals surface area (Å²) < 4.78 is 14.8. The zero-order valence-electron chi connectivity index (χ0n) is 16.8. The van der Waals surface area contributed by atoms with Crippen LogP contribution in [0.2, 0.25) is 0 Å². The van der Waals surface area contributed by atoms with Crippen LogP contribution in [0, 0.1) is 5.82 Å². The molecule has 0 saturated carbocycles. The molecule has 1 amide bonds. The van der Waals surface area contributed by atoms with Gasteiger partial charge in [-0.3, -0.25) is 9.78 Å². The Morgan fingerprint density at radius 2 is 1.84 bits per heavy atom. The number of carbonyl (C=O) groups is 1. The van der Waals surface area contributed by atoms with E-state index in [4.69, 9.17) is 5.10 Å². The largest absolute Gasteiger partial charge is 0.352 e. The topological polar surface area (TPSA) is 59.8 Å². The maximum atomic E-state index is 13.0. The molecule has 31 heavy (non-hydrogen) atoms. The quantitative estimate of drug-likeness (QED) is 0.457. The summed E-state index contributed by atoms with van der Waals surface area (Å²) in [5.41, 5.74) is 4.32. The van der Waals surface area contributed by atoms with E-state index in [1.807, 2.05) is 48.7 Å². The van der Waals surface area contributed by atoms with Gasteiger partial charge in [0.25, 0.3) is 0 Å². The van der Waals surface area contributed by atoms with E-state index < -0.39 is 0 Å². The second kappa shape index (κ2) is 9.63. The lowest BCUT2D eigenvalue weighted by atomic mass is 10.1. The Hall–Kier alpha value is -4.06. The Morgan fingerprint density at radius 3 is 2.58 bits per heavy atom. The zero-order valence-corrected chi connectivity index (χ0v) is 16.8. The van der Waals surface area contributed by atoms with E-state index in [1.165, 1.54) is 18.2 Å². The summed E-state index contributed by atoms with van der Waals surface area (Å²) in [4.78, 5) is 16.5. The molecule has 0 radical (unpaired) electrons. The molecule has 1 N–H and O–H groups in total. The molecule has 0 spiro atoms. The van der Waals surface area contributed by atoms with E-state index in [0.29, 0.717) is 13.0 Å². The van der Waals surface area contributed by atoms with E-state index in [1.54, 1.807) is 35.3 Å². The molecule has 6 heteroatoms. The summed E-state index contributed by atoms with van der Waals surface area (Å²) >= 11 is 0. The summed E-state index contributed by atoms with van der Waals surface area (Å²) in [6.45, 7) is 0.466. The average Bonchev–Trinajstić information content (AvgIpc) is 3.25. The molecule has 2 aromatic carbocycles. The van der Waals surface area contributed by atoms with Gasteiger partial charge >= 0.3 is 0 Å². The van der Waals surface area contributed by atoms with Gasteiger partial charge in [0.05, 0.1) is 5.69 Å². The minimum atomic E-state index is -0.267. The molecule has 0 aliphatic heterocycles. The van der Waals surface area contributed by atoms with Crippen LogP contribution in [0.5, 0.6) is 0 Å². The second-order valence-corrected chi connectivity index (χ2v) is 6.96. The van der Waals surface area contributed by atoms with Gasteiger partial charge in [-0.1, -0.05) is 30.3 Å². The van der Waals surface area contributed by atoms with E-state index >= 15 is 0 Å². The van der Waals surface area contributed by atoms with Crippen LogP contribution in [0.1, 0.15) is 11.1 Å². The molecular formula is C25H21FN4O. The number of pyridine rings is 1. The van der Waals surface area contributed by atoms with Gasteiger partial charge < -0.3 is 5.32 Å². The lowest BCUT2D eigenvalue weighted by Gasteiger charge is -2.03. The number of benzene rings is 2. The number of amides is 1. The normalized spacial score (nSPS) is 11.0. The van der Waals surface area contributed by atoms with Crippen molar-refractivity contribution in [2.75, 3.05) is 6.54 Å². The number of carbonyl (C=O) groups excluding carboxylic acids is 1. The molecule has 4 rings (SSSR count). The fraction of sp³-hybridized carbons (Fsp3) is 0.0800. The smallest absolute Gasteiger partial charge is 0.244 e. The SMILES string of the molecule is O=C(/C=C/c1cn(-c2ccccc2)nc1-c1cccnc1)NCCc1ccc(F)cc1. The van der Waals surface area contributed by atoms with Gasteiger partial charge in [0.15, 0.2) is 0 Å². The molecule has 2 heterocycles. The highest BCUT2D eigenvalue weighted by Crippen LogP contribution is 2.24. The first-order chi connectivity index (χ1) is 15.2. The monoisotopic (exact) mass is 412 g/mol. The first-order valence-corrected chi connectivity index (χ1v) is 9.95. The van der Waals surface area contributed by atoms with Crippen LogP contribution in [0.3, 0.4) is 0 Å². The fourth-order valence-electron chi connectivity index (χ4n) is 3.15. The van der Waals surface area contributed by atoms with E-state index in [-0.39, 0.29) is 11.7 Å². The predicted octanol–water partition coefficient (Wildman–Crippen LogP) is 4.45. The van der Waals surface area contributed by atoms with Crippen molar-refractivity contribution in [1.29, 1.82) is 0 Å². The molecule has 4 aromatic rings. The molecule has 0 unspecified atom stereocenters. The first-order valence-electron chi connectivity index (χ1n) is 9.95. The Bertz CT molecular complexity index is 1170. The number of nitrogens with zero attached hydrogens (tertiary/aromatic N) is 3. The van der Waals surface area contributed by atoms with Gasteiger partial charge in [0.2, 0.25) is 5.91 Å². The average molecular weight is 412 g/mol. The number of nitrogens with one attached hydrogen (secondary N) is 1. The van der Waals surface area contributed by atoms with Crippen molar-refractivity contribution >= 4 is 12.0 Å². The Labute approximate surface area is 179 Å². The summed E-state index contributed by atoms with van der Waals surface area (Å²) in [6, 6.07) is 19.8. The van der Waals surface area contributed by atoms with Crippen LogP contribution >= 0.6 is 0 Å². The van der Waals surface area contributed by atoms with Crippen LogP contribution in [0.4, 0.5) is 4.39 Å². The molecule has 0 fully saturated rings. The van der Waals surface area contributed by atoms with Crippen molar-refractivity contribution in [3.63, 3.8) is 0 Å². The molecule has 0 atom stereocenters. The number of hydrogen-bond donors (Lipinski definition) is 1. The number of para-hydroxylation sites is 1. The number of halogens is 1. The van der Waals surface area contributed by atoms with Gasteiger partial charge in [-0.05, 0) is 54.5 Å². The van der Waals surface area contributed by atoms with Crippen molar-refractivity contribution < 1.29 is 9.18 Å². The highest BCUT2D eigenvalue weighted by Gasteiger charge is 2.11. The fourth-order valence-corrected chi connectivity index (χ4v) is 3.15. The first kappa shape index (κ1) is 20.2. The molecule has 5 nitrogen and oxygen atoms in total.